The number of unbranched alkanes of at least 4 members (excludes halogenated alkanes) is 29. The minimum Gasteiger partial charge on any atom is -0.462 e. The lowest BCUT2D eigenvalue weighted by Gasteiger charge is -2.21. The second-order valence-electron chi connectivity index (χ2n) is 26.0. The fourth-order valence-electron chi connectivity index (χ4n) is 10.1. The Labute approximate surface area is 530 Å². The molecule has 0 fully saturated rings. The van der Waals surface area contributed by atoms with E-state index in [0.29, 0.717) is 37.5 Å². The number of hydrogen-bond donors (Lipinski definition) is 3. The summed E-state index contributed by atoms with van der Waals surface area (Å²) in [6.45, 7) is 14.0. The van der Waals surface area contributed by atoms with Gasteiger partial charge in [0, 0.05) is 25.7 Å². The number of phosphoric ester groups is 2. The number of hydrogen-bond acceptors (Lipinski definition) is 15. The highest BCUT2D eigenvalue weighted by molar-refractivity contribution is 7.47. The van der Waals surface area contributed by atoms with Crippen LogP contribution < -0.4 is 0 Å². The molecule has 0 amide bonds. The Bertz CT molecular complexity index is 1730. The number of ether oxygens (including phenoxy) is 4. The van der Waals surface area contributed by atoms with E-state index in [9.17, 15) is 43.2 Å². The van der Waals surface area contributed by atoms with Crippen LogP contribution in [0.25, 0.3) is 0 Å². The topological polar surface area (TPSA) is 237 Å². The molecule has 0 radical (unpaired) electrons. The molecule has 0 aliphatic heterocycles. The van der Waals surface area contributed by atoms with Crippen molar-refractivity contribution in [3.63, 3.8) is 0 Å². The van der Waals surface area contributed by atoms with Crippen molar-refractivity contribution < 1.29 is 80.2 Å². The molecule has 516 valence electrons. The van der Waals surface area contributed by atoms with Crippen molar-refractivity contribution in [3.8, 4) is 0 Å². The summed E-state index contributed by atoms with van der Waals surface area (Å²) < 4.78 is 68.1. The van der Waals surface area contributed by atoms with Gasteiger partial charge >= 0.3 is 39.5 Å². The Morgan fingerprint density at radius 1 is 0.322 bits per heavy atom. The summed E-state index contributed by atoms with van der Waals surface area (Å²) in [4.78, 5) is 72.3. The summed E-state index contributed by atoms with van der Waals surface area (Å²) in [6.07, 6.45) is 39.2. The first-order valence-electron chi connectivity index (χ1n) is 35.3. The maximum atomic E-state index is 13.0. The molecule has 0 heterocycles. The van der Waals surface area contributed by atoms with Crippen molar-refractivity contribution in [1.29, 1.82) is 0 Å². The molecule has 0 aliphatic carbocycles. The predicted molar refractivity (Wildman–Crippen MR) is 349 cm³/mol. The van der Waals surface area contributed by atoms with Crippen LogP contribution in [0.15, 0.2) is 0 Å². The first-order chi connectivity index (χ1) is 41.7. The van der Waals surface area contributed by atoms with E-state index in [1.54, 1.807) is 0 Å². The average molecular weight is 1280 g/mol. The van der Waals surface area contributed by atoms with E-state index in [2.05, 4.69) is 55.4 Å². The Kier molecular flexibility index (Phi) is 56.6. The van der Waals surface area contributed by atoms with Gasteiger partial charge in [-0.25, -0.2) is 9.13 Å². The van der Waals surface area contributed by atoms with Gasteiger partial charge in [-0.15, -0.1) is 0 Å². The summed E-state index contributed by atoms with van der Waals surface area (Å²) in [5.74, 6) is 0.813. The summed E-state index contributed by atoms with van der Waals surface area (Å²) in [6, 6.07) is 0. The number of carbonyl (C=O) groups is 4. The minimum absolute atomic E-state index is 0.102. The van der Waals surface area contributed by atoms with Crippen LogP contribution in [-0.2, 0) is 65.4 Å². The molecule has 0 saturated heterocycles. The molecule has 0 aromatic heterocycles. The van der Waals surface area contributed by atoms with E-state index in [1.807, 2.05) is 0 Å². The number of rotatable bonds is 65. The van der Waals surface area contributed by atoms with Gasteiger partial charge in [0.25, 0.3) is 0 Å². The molecule has 87 heavy (non-hydrogen) atoms. The average Bonchev–Trinajstić information content (AvgIpc) is 3.61. The van der Waals surface area contributed by atoms with Crippen LogP contribution in [0.3, 0.4) is 0 Å². The monoisotopic (exact) mass is 1280 g/mol. The zero-order chi connectivity index (χ0) is 64.7. The molecule has 0 aliphatic rings. The zero-order valence-corrected chi connectivity index (χ0v) is 58.4. The highest BCUT2D eigenvalue weighted by Gasteiger charge is 2.30. The van der Waals surface area contributed by atoms with Crippen LogP contribution in [0.2, 0.25) is 0 Å². The molecule has 7 atom stereocenters. The molecule has 17 nitrogen and oxygen atoms in total. The van der Waals surface area contributed by atoms with E-state index < -0.39 is 97.5 Å². The molecule has 0 saturated carbocycles. The number of aliphatic hydroxyl groups excluding tert-OH is 1. The summed E-state index contributed by atoms with van der Waals surface area (Å²) >= 11 is 0. The van der Waals surface area contributed by atoms with Gasteiger partial charge in [0.1, 0.15) is 19.3 Å². The van der Waals surface area contributed by atoms with Gasteiger partial charge in [-0.2, -0.15) is 0 Å². The van der Waals surface area contributed by atoms with E-state index in [-0.39, 0.29) is 25.7 Å². The highest BCUT2D eigenvalue weighted by Crippen LogP contribution is 2.45. The fourth-order valence-corrected chi connectivity index (χ4v) is 11.7. The Morgan fingerprint density at radius 3 is 0.816 bits per heavy atom. The lowest BCUT2D eigenvalue weighted by Crippen LogP contribution is -2.30. The lowest BCUT2D eigenvalue weighted by atomic mass is 9.99. The molecule has 0 aromatic rings. The molecular weight excluding hydrogens is 1150 g/mol. The molecule has 0 aromatic carbocycles. The third kappa shape index (κ3) is 60.1. The molecule has 19 heteroatoms. The van der Waals surface area contributed by atoms with Crippen molar-refractivity contribution in [1.82, 2.24) is 0 Å². The summed E-state index contributed by atoms with van der Waals surface area (Å²) in [5.41, 5.74) is 0. The fraction of sp³-hybridized carbons (Fsp3) is 0.941. The van der Waals surface area contributed by atoms with Crippen LogP contribution in [0.1, 0.15) is 331 Å². The second kappa shape index (κ2) is 57.9. The van der Waals surface area contributed by atoms with E-state index >= 15 is 0 Å². The van der Waals surface area contributed by atoms with Crippen molar-refractivity contribution in [3.05, 3.63) is 0 Å². The number of carbonyl (C=O) groups excluding carboxylic acids is 4. The Hall–Kier alpha value is -1.94. The first-order valence-corrected chi connectivity index (χ1v) is 38.3. The third-order valence-corrected chi connectivity index (χ3v) is 18.2. The van der Waals surface area contributed by atoms with Crippen LogP contribution in [0.4, 0.5) is 0 Å². The van der Waals surface area contributed by atoms with Gasteiger partial charge in [0.15, 0.2) is 12.2 Å². The first kappa shape index (κ1) is 85.1. The maximum Gasteiger partial charge on any atom is 0.472 e. The SMILES string of the molecule is CCC(C)CCCCCCCCCCCCCCCCC(=O)O[C@H](COC(=O)CCCCCCCCC(C)C)COP(=O)(O)OCC(O)COP(=O)(O)OC[C@@H](COC(=O)CCCCCCCCCC(C)C)OC(=O)CCCCCCCCC(C)CC. The molecule has 3 N–H and O–H groups in total. The molecule has 0 spiro atoms. The Balaban J connectivity index is 5.20. The molecule has 5 unspecified atom stereocenters. The molecular formula is C68H132O17P2. The zero-order valence-electron chi connectivity index (χ0n) is 56.6. The van der Waals surface area contributed by atoms with Gasteiger partial charge in [-0.05, 0) is 49.4 Å². The smallest absolute Gasteiger partial charge is 0.462 e. The van der Waals surface area contributed by atoms with E-state index in [1.165, 1.54) is 122 Å². The van der Waals surface area contributed by atoms with Gasteiger partial charge in [0.2, 0.25) is 0 Å². The number of aliphatic hydroxyl groups is 1. The van der Waals surface area contributed by atoms with Crippen LogP contribution in [-0.4, -0.2) is 96.7 Å². The number of esters is 4. The van der Waals surface area contributed by atoms with Crippen molar-refractivity contribution in [2.24, 2.45) is 23.7 Å². The lowest BCUT2D eigenvalue weighted by molar-refractivity contribution is -0.161. The highest BCUT2D eigenvalue weighted by atomic mass is 31.2. The van der Waals surface area contributed by atoms with Gasteiger partial charge in [-0.1, -0.05) is 280 Å². The summed E-state index contributed by atoms with van der Waals surface area (Å²) in [7, 11) is -9.90. The van der Waals surface area contributed by atoms with Crippen LogP contribution in [0.5, 0.6) is 0 Å². The largest absolute Gasteiger partial charge is 0.472 e. The molecule has 0 rings (SSSR count). The minimum atomic E-state index is -4.95. The normalized spacial score (nSPS) is 15.0. The standard InChI is InChI=1S/C68H132O17P2/c1-9-60(7)46-38-30-21-17-15-13-11-12-14-16-18-22-34-42-50-67(72)84-63(55-79-66(71)49-41-33-26-24-29-37-45-59(5)6)56-82-86(74,75)80-52-62(69)53-81-87(76,77)83-57-64(85-68(73)51-43-35-27-25-31-39-47-61(8)10-2)54-78-65(70)48-40-32-23-19-20-28-36-44-58(3)4/h58-64,69H,9-57H2,1-8H3,(H,74,75)(H,76,77)/t60?,61?,62?,63-,64-/m1/s1. The van der Waals surface area contributed by atoms with Crippen molar-refractivity contribution in [2.75, 3.05) is 39.6 Å². The molecule has 0 bridgehead atoms. The van der Waals surface area contributed by atoms with E-state index in [4.69, 9.17) is 37.0 Å². The van der Waals surface area contributed by atoms with Crippen molar-refractivity contribution in [2.45, 2.75) is 350 Å². The Morgan fingerprint density at radius 2 is 0.552 bits per heavy atom. The van der Waals surface area contributed by atoms with Gasteiger partial charge in [0.05, 0.1) is 26.4 Å². The van der Waals surface area contributed by atoms with E-state index in [0.717, 1.165) is 115 Å². The van der Waals surface area contributed by atoms with Crippen LogP contribution in [0, 0.1) is 23.7 Å². The van der Waals surface area contributed by atoms with Gasteiger partial charge < -0.3 is 33.8 Å². The summed E-state index contributed by atoms with van der Waals surface area (Å²) in [5, 5.41) is 10.6. The predicted octanol–water partition coefficient (Wildman–Crippen LogP) is 18.9. The van der Waals surface area contributed by atoms with Crippen LogP contribution >= 0.6 is 15.6 Å². The van der Waals surface area contributed by atoms with Gasteiger partial charge in [-0.3, -0.25) is 37.3 Å². The number of phosphoric acid groups is 2. The second-order valence-corrected chi connectivity index (χ2v) is 28.9. The quantitative estimate of drug-likeness (QED) is 0.0222. The third-order valence-electron chi connectivity index (χ3n) is 16.3. The maximum absolute atomic E-state index is 13.0. The van der Waals surface area contributed by atoms with Crippen molar-refractivity contribution >= 4 is 39.5 Å².